The number of nitrogens with zero attached hydrogens (tertiary/aromatic N) is 3. The minimum Gasteiger partial charge on any atom is -0.339 e. The summed E-state index contributed by atoms with van der Waals surface area (Å²) in [4.78, 5) is 40.0. The molecule has 4 amide bonds. The molecule has 7 nitrogen and oxygen atoms in total. The van der Waals surface area contributed by atoms with Crippen LogP contribution in [0.5, 0.6) is 0 Å². The average molecular weight is 282 g/mol. The largest absolute Gasteiger partial charge is 0.339 e. The standard InChI is InChI=1S/C13H22N4O3/c1-4-9-5-16(6-10(9)15(2)3)12(19)8-17-7-11(18)14-13(17)20/h9-10H,4-8H2,1-3H3,(H,14,18,20)/t9-,10-/m0/s1. The number of likely N-dealkylation sites (N-methyl/N-ethyl adjacent to an activating group) is 1. The van der Waals surface area contributed by atoms with Crippen LogP contribution in [0.25, 0.3) is 0 Å². The Morgan fingerprint density at radius 1 is 1.35 bits per heavy atom. The highest BCUT2D eigenvalue weighted by Gasteiger charge is 2.37. The van der Waals surface area contributed by atoms with E-state index in [2.05, 4.69) is 17.1 Å². The molecule has 2 fully saturated rings. The van der Waals surface area contributed by atoms with Gasteiger partial charge in [0.1, 0.15) is 13.1 Å². The number of amides is 4. The fraction of sp³-hybridized carbons (Fsp3) is 0.769. The maximum absolute atomic E-state index is 12.3. The lowest BCUT2D eigenvalue weighted by molar-refractivity contribution is -0.131. The SMILES string of the molecule is CC[C@H]1CN(C(=O)CN2CC(=O)NC2=O)C[C@@H]1N(C)C. The number of nitrogens with one attached hydrogen (secondary N) is 1. The molecule has 112 valence electrons. The van der Waals surface area contributed by atoms with E-state index in [0.29, 0.717) is 18.5 Å². The van der Waals surface area contributed by atoms with Crippen LogP contribution in [0.3, 0.4) is 0 Å². The lowest BCUT2D eigenvalue weighted by Gasteiger charge is -2.24. The van der Waals surface area contributed by atoms with Gasteiger partial charge in [-0.15, -0.1) is 0 Å². The number of carbonyl (C=O) groups is 3. The van der Waals surface area contributed by atoms with E-state index in [-0.39, 0.29) is 24.9 Å². The molecule has 2 heterocycles. The van der Waals surface area contributed by atoms with Crippen LogP contribution in [0, 0.1) is 5.92 Å². The Labute approximate surface area is 118 Å². The summed E-state index contributed by atoms with van der Waals surface area (Å²) in [7, 11) is 4.04. The Morgan fingerprint density at radius 3 is 2.50 bits per heavy atom. The third-order valence-corrected chi connectivity index (χ3v) is 4.14. The molecule has 0 spiro atoms. The summed E-state index contributed by atoms with van der Waals surface area (Å²) in [6.07, 6.45) is 1.02. The van der Waals surface area contributed by atoms with Crippen LogP contribution < -0.4 is 5.32 Å². The van der Waals surface area contributed by atoms with Gasteiger partial charge >= 0.3 is 6.03 Å². The Hall–Kier alpha value is -1.63. The first-order valence-electron chi connectivity index (χ1n) is 6.95. The molecule has 2 atom stereocenters. The zero-order chi connectivity index (χ0) is 14.9. The molecule has 0 saturated carbocycles. The van der Waals surface area contributed by atoms with Crippen molar-refractivity contribution in [3.8, 4) is 0 Å². The molecule has 0 aromatic carbocycles. The number of imide groups is 1. The van der Waals surface area contributed by atoms with Gasteiger partial charge in [-0.05, 0) is 20.0 Å². The second kappa shape index (κ2) is 5.78. The molecule has 0 aliphatic carbocycles. The first-order chi connectivity index (χ1) is 9.42. The lowest BCUT2D eigenvalue weighted by atomic mass is 10.0. The number of hydrogen-bond donors (Lipinski definition) is 1. The summed E-state index contributed by atoms with van der Waals surface area (Å²) in [6, 6.07) is -0.114. The van der Waals surface area contributed by atoms with Crippen molar-refractivity contribution in [1.82, 2.24) is 20.0 Å². The molecule has 0 bridgehead atoms. The van der Waals surface area contributed by atoms with Gasteiger partial charge in [0.2, 0.25) is 11.8 Å². The van der Waals surface area contributed by atoms with Crippen LogP contribution in [-0.4, -0.2) is 78.9 Å². The van der Waals surface area contributed by atoms with Gasteiger partial charge in [-0.2, -0.15) is 0 Å². The second-order valence-corrected chi connectivity index (χ2v) is 5.71. The Kier molecular flexibility index (Phi) is 4.27. The molecule has 0 unspecified atom stereocenters. The van der Waals surface area contributed by atoms with Crippen molar-refractivity contribution in [3.05, 3.63) is 0 Å². The molecule has 2 rings (SSSR count). The molecule has 2 aliphatic rings. The van der Waals surface area contributed by atoms with E-state index in [9.17, 15) is 14.4 Å². The maximum Gasteiger partial charge on any atom is 0.325 e. The summed E-state index contributed by atoms with van der Waals surface area (Å²) in [6.45, 7) is 3.50. The van der Waals surface area contributed by atoms with Crippen molar-refractivity contribution < 1.29 is 14.4 Å². The van der Waals surface area contributed by atoms with E-state index < -0.39 is 6.03 Å². The molecule has 0 aromatic heterocycles. The predicted octanol–water partition coefficient (Wildman–Crippen LogP) is -0.663. The minimum absolute atomic E-state index is 0.0197. The van der Waals surface area contributed by atoms with Crippen molar-refractivity contribution in [2.24, 2.45) is 5.92 Å². The van der Waals surface area contributed by atoms with Crippen LogP contribution in [0.15, 0.2) is 0 Å². The fourth-order valence-corrected chi connectivity index (χ4v) is 2.92. The fourth-order valence-electron chi connectivity index (χ4n) is 2.92. The molecular formula is C13H22N4O3. The van der Waals surface area contributed by atoms with Crippen molar-refractivity contribution in [2.45, 2.75) is 19.4 Å². The normalized spacial score (nSPS) is 26.6. The number of hydrogen-bond acceptors (Lipinski definition) is 4. The third-order valence-electron chi connectivity index (χ3n) is 4.14. The number of urea groups is 1. The van der Waals surface area contributed by atoms with E-state index in [1.165, 1.54) is 4.90 Å². The van der Waals surface area contributed by atoms with Crippen LogP contribution >= 0.6 is 0 Å². The monoisotopic (exact) mass is 282 g/mol. The summed E-state index contributed by atoms with van der Waals surface area (Å²) in [5.74, 6) is 0.0301. The second-order valence-electron chi connectivity index (χ2n) is 5.71. The highest BCUT2D eigenvalue weighted by Crippen LogP contribution is 2.23. The Balaban J connectivity index is 1.94. The topological polar surface area (TPSA) is 73.0 Å². The smallest absolute Gasteiger partial charge is 0.325 e. The highest BCUT2D eigenvalue weighted by molar-refractivity contribution is 6.03. The van der Waals surface area contributed by atoms with Gasteiger partial charge in [-0.25, -0.2) is 4.79 Å². The molecule has 0 aromatic rings. The highest BCUT2D eigenvalue weighted by atomic mass is 16.2. The van der Waals surface area contributed by atoms with Gasteiger partial charge in [-0.3, -0.25) is 14.9 Å². The quantitative estimate of drug-likeness (QED) is 0.695. The van der Waals surface area contributed by atoms with Gasteiger partial charge < -0.3 is 14.7 Å². The van der Waals surface area contributed by atoms with Crippen LogP contribution in [0.1, 0.15) is 13.3 Å². The Morgan fingerprint density at radius 2 is 2.05 bits per heavy atom. The maximum atomic E-state index is 12.3. The van der Waals surface area contributed by atoms with Gasteiger partial charge in [-0.1, -0.05) is 13.3 Å². The van der Waals surface area contributed by atoms with Gasteiger partial charge in [0, 0.05) is 19.1 Å². The van der Waals surface area contributed by atoms with Crippen molar-refractivity contribution in [3.63, 3.8) is 0 Å². The van der Waals surface area contributed by atoms with Crippen molar-refractivity contribution in [2.75, 3.05) is 40.3 Å². The third kappa shape index (κ3) is 2.92. The summed E-state index contributed by atoms with van der Waals surface area (Å²) in [5.41, 5.74) is 0. The van der Waals surface area contributed by atoms with Gasteiger partial charge in [0.05, 0.1) is 0 Å². The van der Waals surface area contributed by atoms with E-state index in [1.807, 2.05) is 14.1 Å². The molecule has 7 heteroatoms. The molecule has 2 aliphatic heterocycles. The predicted molar refractivity (Wildman–Crippen MR) is 72.9 cm³/mol. The lowest BCUT2D eigenvalue weighted by Crippen LogP contribution is -2.42. The Bertz CT molecular complexity index is 424. The molecule has 20 heavy (non-hydrogen) atoms. The number of rotatable bonds is 4. The first-order valence-corrected chi connectivity index (χ1v) is 6.95. The summed E-state index contributed by atoms with van der Waals surface area (Å²) < 4.78 is 0. The van der Waals surface area contributed by atoms with E-state index in [0.717, 1.165) is 13.0 Å². The van der Waals surface area contributed by atoms with Gasteiger partial charge in [0.15, 0.2) is 0 Å². The van der Waals surface area contributed by atoms with E-state index >= 15 is 0 Å². The molecule has 2 saturated heterocycles. The van der Waals surface area contributed by atoms with Crippen molar-refractivity contribution in [1.29, 1.82) is 0 Å². The first kappa shape index (κ1) is 14.8. The summed E-state index contributed by atoms with van der Waals surface area (Å²) in [5, 5.41) is 2.18. The van der Waals surface area contributed by atoms with E-state index in [4.69, 9.17) is 0 Å². The average Bonchev–Trinajstić information content (AvgIpc) is 2.93. The zero-order valence-corrected chi connectivity index (χ0v) is 12.3. The summed E-state index contributed by atoms with van der Waals surface area (Å²) >= 11 is 0. The molecule has 0 radical (unpaired) electrons. The number of carbonyl (C=O) groups excluding carboxylic acids is 3. The van der Waals surface area contributed by atoms with Crippen LogP contribution in [-0.2, 0) is 9.59 Å². The molecule has 1 N–H and O–H groups in total. The van der Waals surface area contributed by atoms with E-state index in [1.54, 1.807) is 4.90 Å². The zero-order valence-electron chi connectivity index (χ0n) is 12.3. The van der Waals surface area contributed by atoms with Crippen LogP contribution in [0.2, 0.25) is 0 Å². The minimum atomic E-state index is -0.473. The van der Waals surface area contributed by atoms with Crippen LogP contribution in [0.4, 0.5) is 4.79 Å². The molecular weight excluding hydrogens is 260 g/mol. The van der Waals surface area contributed by atoms with Gasteiger partial charge in [0.25, 0.3) is 0 Å². The van der Waals surface area contributed by atoms with Crippen molar-refractivity contribution >= 4 is 17.8 Å². The number of likely N-dealkylation sites (tertiary alicyclic amines) is 1.